The van der Waals surface area contributed by atoms with Gasteiger partial charge in [-0.1, -0.05) is 49.4 Å². The first-order valence-electron chi connectivity index (χ1n) is 11.6. The van der Waals surface area contributed by atoms with Gasteiger partial charge in [-0.15, -0.1) is 0 Å². The van der Waals surface area contributed by atoms with E-state index in [0.29, 0.717) is 12.0 Å². The number of hydrogen-bond donors (Lipinski definition) is 4. The second-order valence-corrected chi connectivity index (χ2v) is 9.48. The summed E-state index contributed by atoms with van der Waals surface area (Å²) >= 11 is 4.26. The molecule has 0 aliphatic heterocycles. The van der Waals surface area contributed by atoms with E-state index in [0.717, 1.165) is 5.56 Å². The van der Waals surface area contributed by atoms with Gasteiger partial charge in [-0.25, -0.2) is 4.79 Å². The topological polar surface area (TPSA) is 108 Å². The fraction of sp³-hybridized carbons (Fsp3) is 0.423. The van der Waals surface area contributed by atoms with Crippen LogP contribution >= 0.6 is 12.6 Å². The highest BCUT2D eigenvalue weighted by atomic mass is 32.1. The zero-order chi connectivity index (χ0) is 26.0. The maximum Gasteiger partial charge on any atom is 0.408 e. The number of nitrogens with zero attached hydrogens (tertiary/aromatic N) is 1. The first-order chi connectivity index (χ1) is 16.6. The second kappa shape index (κ2) is 13.0. The minimum atomic E-state index is -0.999. The van der Waals surface area contributed by atoms with E-state index in [4.69, 9.17) is 4.74 Å². The molecule has 9 heteroatoms. The summed E-state index contributed by atoms with van der Waals surface area (Å²) in [5, 5.41) is 15.2. The van der Waals surface area contributed by atoms with Gasteiger partial charge < -0.3 is 25.4 Å². The summed E-state index contributed by atoms with van der Waals surface area (Å²) in [4.78, 5) is 40.8. The molecule has 2 aromatic carbocycles. The van der Waals surface area contributed by atoms with E-state index < -0.39 is 29.7 Å². The van der Waals surface area contributed by atoms with Gasteiger partial charge in [0.15, 0.2) is 0 Å². The number of phenolic OH excluding ortho intramolecular Hbond substituents is 1. The molecule has 190 valence electrons. The molecule has 0 heterocycles. The van der Waals surface area contributed by atoms with Crippen molar-refractivity contribution in [1.29, 1.82) is 0 Å². The van der Waals surface area contributed by atoms with E-state index in [9.17, 15) is 19.5 Å². The Morgan fingerprint density at radius 2 is 1.69 bits per heavy atom. The summed E-state index contributed by atoms with van der Waals surface area (Å²) in [6.45, 7) is 7.63. The molecule has 0 radical (unpaired) electrons. The first kappa shape index (κ1) is 28.0. The highest BCUT2D eigenvalue weighted by molar-refractivity contribution is 7.80. The van der Waals surface area contributed by atoms with Crippen molar-refractivity contribution in [2.75, 3.05) is 12.3 Å². The number of carbonyl (C=O) groups excluding carboxylic acids is 3. The quantitative estimate of drug-likeness (QED) is 0.370. The van der Waals surface area contributed by atoms with Gasteiger partial charge in [0.1, 0.15) is 23.4 Å². The molecule has 0 fully saturated rings. The summed E-state index contributed by atoms with van der Waals surface area (Å²) in [7, 11) is 0. The van der Waals surface area contributed by atoms with Gasteiger partial charge in [-0.2, -0.15) is 12.6 Å². The summed E-state index contributed by atoms with van der Waals surface area (Å²) in [5.41, 5.74) is 0.715. The van der Waals surface area contributed by atoms with Crippen LogP contribution in [0.1, 0.15) is 51.3 Å². The van der Waals surface area contributed by atoms with Crippen LogP contribution in [0.15, 0.2) is 54.6 Å². The first-order valence-corrected chi connectivity index (χ1v) is 12.2. The van der Waals surface area contributed by atoms with E-state index in [-0.39, 0.29) is 30.5 Å². The standard InChI is InChI=1S/C26H35N3O5S/c1-5-15-29(24(32)21(17-35)28-25(33)34-26(2,3)4)22(19-11-13-20(30)14-12-19)23(31)27-16-18-9-7-6-8-10-18/h6-14,21-22,30,35H,5,15-17H2,1-4H3,(H,27,31)(H,28,33). The number of phenols is 1. The predicted octanol–water partition coefficient (Wildman–Crippen LogP) is 3.81. The number of hydrogen-bond acceptors (Lipinski definition) is 6. The Hall–Kier alpha value is -3.20. The van der Waals surface area contributed by atoms with Crippen LogP contribution in [0, 0.1) is 0 Å². The number of thiol groups is 1. The Bertz CT molecular complexity index is 977. The maximum atomic E-state index is 13.6. The zero-order valence-electron chi connectivity index (χ0n) is 20.7. The molecule has 0 aliphatic rings. The number of nitrogens with one attached hydrogen (secondary N) is 2. The Morgan fingerprint density at radius 1 is 1.06 bits per heavy atom. The summed E-state index contributed by atoms with van der Waals surface area (Å²) in [6.07, 6.45) is -0.158. The summed E-state index contributed by atoms with van der Waals surface area (Å²) in [5.74, 6) is -0.769. The van der Waals surface area contributed by atoms with Crippen molar-refractivity contribution in [1.82, 2.24) is 15.5 Å². The van der Waals surface area contributed by atoms with Crippen LogP contribution < -0.4 is 10.6 Å². The van der Waals surface area contributed by atoms with Gasteiger partial charge in [0.25, 0.3) is 0 Å². The summed E-state index contributed by atoms with van der Waals surface area (Å²) < 4.78 is 5.29. The van der Waals surface area contributed by atoms with Gasteiger partial charge in [0, 0.05) is 18.8 Å². The monoisotopic (exact) mass is 501 g/mol. The van der Waals surface area contributed by atoms with Crippen LogP contribution in [0.2, 0.25) is 0 Å². The lowest BCUT2D eigenvalue weighted by Crippen LogP contribution is -2.54. The number of ether oxygens (including phenoxy) is 1. The molecule has 3 N–H and O–H groups in total. The smallest absolute Gasteiger partial charge is 0.408 e. The number of carbonyl (C=O) groups is 3. The lowest BCUT2D eigenvalue weighted by Gasteiger charge is -2.34. The molecular formula is C26H35N3O5S. The third-order valence-corrected chi connectivity index (χ3v) is 5.36. The Labute approximate surface area is 212 Å². The van der Waals surface area contributed by atoms with Gasteiger partial charge in [0.05, 0.1) is 0 Å². The minimum Gasteiger partial charge on any atom is -0.508 e. The van der Waals surface area contributed by atoms with Gasteiger partial charge in [0.2, 0.25) is 11.8 Å². The van der Waals surface area contributed by atoms with Gasteiger partial charge >= 0.3 is 6.09 Å². The van der Waals surface area contributed by atoms with E-state index >= 15 is 0 Å². The molecule has 35 heavy (non-hydrogen) atoms. The average Bonchev–Trinajstić information content (AvgIpc) is 2.81. The van der Waals surface area contributed by atoms with Crippen LogP contribution in [0.3, 0.4) is 0 Å². The van der Waals surface area contributed by atoms with Crippen LogP contribution in [0.25, 0.3) is 0 Å². The van der Waals surface area contributed by atoms with Gasteiger partial charge in [-0.3, -0.25) is 9.59 Å². The third kappa shape index (κ3) is 8.83. The molecule has 0 aromatic heterocycles. The highest BCUT2D eigenvalue weighted by Gasteiger charge is 2.35. The van der Waals surface area contributed by atoms with Crippen molar-refractivity contribution in [2.45, 2.75) is 58.3 Å². The number of alkyl carbamates (subject to hydrolysis) is 1. The number of benzene rings is 2. The Kier molecular flexibility index (Phi) is 10.4. The zero-order valence-corrected chi connectivity index (χ0v) is 21.5. The molecule has 2 unspecified atom stereocenters. The number of amides is 3. The van der Waals surface area contributed by atoms with Crippen molar-refractivity contribution in [3.63, 3.8) is 0 Å². The Morgan fingerprint density at radius 3 is 2.23 bits per heavy atom. The predicted molar refractivity (Wildman–Crippen MR) is 138 cm³/mol. The fourth-order valence-electron chi connectivity index (χ4n) is 3.45. The molecule has 0 bridgehead atoms. The molecule has 0 spiro atoms. The second-order valence-electron chi connectivity index (χ2n) is 9.11. The van der Waals surface area contributed by atoms with E-state index in [1.165, 1.54) is 17.0 Å². The largest absolute Gasteiger partial charge is 0.508 e. The fourth-order valence-corrected chi connectivity index (χ4v) is 3.70. The Balaban J connectivity index is 2.34. The van der Waals surface area contributed by atoms with Gasteiger partial charge in [-0.05, 0) is 50.5 Å². The van der Waals surface area contributed by atoms with Crippen LogP contribution in [-0.2, 0) is 20.9 Å². The van der Waals surface area contributed by atoms with E-state index in [2.05, 4.69) is 23.3 Å². The van der Waals surface area contributed by atoms with E-state index in [1.54, 1.807) is 32.9 Å². The molecule has 0 aliphatic carbocycles. The lowest BCUT2D eigenvalue weighted by atomic mass is 10.0. The summed E-state index contributed by atoms with van der Waals surface area (Å²) in [6, 6.07) is 13.6. The number of rotatable bonds is 10. The van der Waals surface area contributed by atoms with Crippen LogP contribution in [0.5, 0.6) is 5.75 Å². The molecular weight excluding hydrogens is 466 g/mol. The van der Waals surface area contributed by atoms with Crippen molar-refractivity contribution >= 4 is 30.5 Å². The van der Waals surface area contributed by atoms with Crippen LogP contribution in [-0.4, -0.2) is 51.9 Å². The van der Waals surface area contributed by atoms with Crippen molar-refractivity contribution in [3.8, 4) is 5.75 Å². The highest BCUT2D eigenvalue weighted by Crippen LogP contribution is 2.25. The van der Waals surface area contributed by atoms with Crippen LogP contribution in [0.4, 0.5) is 4.79 Å². The van der Waals surface area contributed by atoms with Crippen molar-refractivity contribution < 1.29 is 24.2 Å². The maximum absolute atomic E-state index is 13.6. The molecule has 2 aromatic rings. The molecule has 8 nitrogen and oxygen atoms in total. The third-order valence-electron chi connectivity index (χ3n) is 5.00. The normalized spacial score (nSPS) is 12.8. The minimum absolute atomic E-state index is 0.0201. The molecule has 2 rings (SSSR count). The molecule has 3 amide bonds. The van der Waals surface area contributed by atoms with Crippen molar-refractivity contribution in [3.05, 3.63) is 65.7 Å². The lowest BCUT2D eigenvalue weighted by molar-refractivity contribution is -0.142. The van der Waals surface area contributed by atoms with Crippen molar-refractivity contribution in [2.24, 2.45) is 0 Å². The molecule has 2 atom stereocenters. The van der Waals surface area contributed by atoms with E-state index in [1.807, 2.05) is 37.3 Å². The molecule has 0 saturated heterocycles. The molecule has 0 saturated carbocycles. The SMILES string of the molecule is CCCN(C(=O)C(CS)NC(=O)OC(C)(C)C)C(C(=O)NCc1ccccc1)c1ccc(O)cc1. The number of aromatic hydroxyl groups is 1. The average molecular weight is 502 g/mol.